The first-order valence-electron chi connectivity index (χ1n) is 7.93. The first kappa shape index (κ1) is 18.5. The Morgan fingerprint density at radius 1 is 1.12 bits per heavy atom. The minimum atomic E-state index is -3.95. The van der Waals surface area contributed by atoms with Gasteiger partial charge in [0.1, 0.15) is 10.7 Å². The average Bonchev–Trinajstić information content (AvgIpc) is 3.00. The van der Waals surface area contributed by atoms with E-state index in [0.717, 1.165) is 6.42 Å². The highest BCUT2D eigenvalue weighted by Crippen LogP contribution is 2.27. The number of para-hydroxylation sites is 1. The van der Waals surface area contributed by atoms with Gasteiger partial charge in [0.25, 0.3) is 0 Å². The van der Waals surface area contributed by atoms with Crippen LogP contribution in [0.3, 0.4) is 0 Å². The Morgan fingerprint density at radius 3 is 2.54 bits per heavy atom. The number of unbranched alkanes of at least 4 members (excludes halogenated alkanes) is 1. The monoisotopic (exact) mass is 394 g/mol. The molecule has 0 aliphatic rings. The van der Waals surface area contributed by atoms with Gasteiger partial charge in [-0.15, -0.1) is 0 Å². The van der Waals surface area contributed by atoms with E-state index in [1.165, 1.54) is 23.0 Å². The number of sulfone groups is 1. The van der Waals surface area contributed by atoms with E-state index in [2.05, 4.69) is 9.97 Å². The van der Waals surface area contributed by atoms with Crippen molar-refractivity contribution in [3.63, 3.8) is 0 Å². The fourth-order valence-corrected chi connectivity index (χ4v) is 4.64. The maximum Gasteiger partial charge on any atom is 0.249 e. The molecule has 0 unspecified atom stereocenters. The minimum absolute atomic E-state index is 0.0399. The van der Waals surface area contributed by atoms with Crippen LogP contribution in [0.25, 0.3) is 16.7 Å². The van der Waals surface area contributed by atoms with E-state index in [9.17, 15) is 16.8 Å². The molecule has 0 bridgehead atoms. The predicted molar refractivity (Wildman–Crippen MR) is 97.2 cm³/mol. The van der Waals surface area contributed by atoms with E-state index >= 15 is 0 Å². The van der Waals surface area contributed by atoms with Crippen LogP contribution in [-0.4, -0.2) is 37.1 Å². The second-order valence-electron chi connectivity index (χ2n) is 5.80. The van der Waals surface area contributed by atoms with Gasteiger partial charge in [0.15, 0.2) is 0 Å². The van der Waals surface area contributed by atoms with Gasteiger partial charge in [0, 0.05) is 17.8 Å². The molecule has 1 aromatic carbocycles. The van der Waals surface area contributed by atoms with Crippen LogP contribution in [-0.2, 0) is 19.9 Å². The highest BCUT2D eigenvalue weighted by molar-refractivity contribution is 7.91. The van der Waals surface area contributed by atoms with E-state index in [4.69, 9.17) is 5.14 Å². The summed E-state index contributed by atoms with van der Waals surface area (Å²) in [7, 11) is -7.56. The van der Waals surface area contributed by atoms with Gasteiger partial charge in [-0.25, -0.2) is 31.9 Å². The van der Waals surface area contributed by atoms with Gasteiger partial charge in [0.2, 0.25) is 25.0 Å². The molecule has 2 aromatic heterocycles. The zero-order chi connectivity index (χ0) is 18.9. The Bertz CT molecular complexity index is 1170. The van der Waals surface area contributed by atoms with E-state index in [1.54, 1.807) is 24.3 Å². The molecule has 26 heavy (non-hydrogen) atoms. The SMILES string of the molecule is CCCCS(=O)(=O)c1nccc(-n2cc(S(N)(=O)=O)c3ccccc32)n1. The molecule has 0 aliphatic carbocycles. The second-order valence-corrected chi connectivity index (χ2v) is 9.33. The van der Waals surface area contributed by atoms with Crippen LogP contribution >= 0.6 is 0 Å². The molecular weight excluding hydrogens is 376 g/mol. The van der Waals surface area contributed by atoms with E-state index in [0.29, 0.717) is 17.3 Å². The topological polar surface area (TPSA) is 125 Å². The summed E-state index contributed by atoms with van der Waals surface area (Å²) >= 11 is 0. The predicted octanol–water partition coefficient (Wildman–Crippen LogP) is 1.64. The molecule has 2 N–H and O–H groups in total. The standard InChI is InChI=1S/C16H18N4O4S2/c1-2-3-10-25(21,22)16-18-9-8-15(19-16)20-11-14(26(17,23)24)12-6-4-5-7-13(12)20/h4-9,11H,2-3,10H2,1H3,(H2,17,23,24). The number of rotatable bonds is 6. The lowest BCUT2D eigenvalue weighted by atomic mass is 10.2. The third-order valence-electron chi connectivity index (χ3n) is 3.89. The molecule has 138 valence electrons. The van der Waals surface area contributed by atoms with Crippen LogP contribution in [0.15, 0.2) is 52.8 Å². The van der Waals surface area contributed by atoms with Crippen LogP contribution in [0, 0.1) is 0 Å². The number of nitrogens with two attached hydrogens (primary N) is 1. The number of primary sulfonamides is 1. The Hall–Kier alpha value is -2.30. The zero-order valence-electron chi connectivity index (χ0n) is 14.0. The summed E-state index contributed by atoms with van der Waals surface area (Å²) in [6, 6.07) is 8.29. The highest BCUT2D eigenvalue weighted by Gasteiger charge is 2.21. The second kappa shape index (κ2) is 6.78. The number of sulfonamides is 1. The molecule has 0 atom stereocenters. The van der Waals surface area contributed by atoms with Gasteiger partial charge in [-0.3, -0.25) is 4.57 Å². The molecule has 0 saturated heterocycles. The lowest BCUT2D eigenvalue weighted by molar-refractivity contribution is 0.582. The van der Waals surface area contributed by atoms with Crippen LogP contribution in [0.2, 0.25) is 0 Å². The molecule has 3 aromatic rings. The number of aromatic nitrogens is 3. The molecule has 10 heteroatoms. The minimum Gasteiger partial charge on any atom is -0.300 e. The van der Waals surface area contributed by atoms with Crippen LogP contribution in [0.5, 0.6) is 0 Å². The smallest absolute Gasteiger partial charge is 0.249 e. The third kappa shape index (κ3) is 3.48. The lowest BCUT2D eigenvalue weighted by Gasteiger charge is -2.07. The Labute approximate surface area is 151 Å². The summed E-state index contributed by atoms with van der Waals surface area (Å²) in [6.07, 6.45) is 3.92. The van der Waals surface area contributed by atoms with Crippen molar-refractivity contribution in [2.45, 2.75) is 29.8 Å². The van der Waals surface area contributed by atoms with Crippen molar-refractivity contribution < 1.29 is 16.8 Å². The van der Waals surface area contributed by atoms with Crippen LogP contribution < -0.4 is 5.14 Å². The summed E-state index contributed by atoms with van der Waals surface area (Å²) in [5.74, 6) is 0.211. The number of hydrogen-bond acceptors (Lipinski definition) is 6. The van der Waals surface area contributed by atoms with E-state index < -0.39 is 19.9 Å². The third-order valence-corrected chi connectivity index (χ3v) is 6.41. The number of fused-ring (bicyclic) bond motifs is 1. The van der Waals surface area contributed by atoms with Crippen molar-refractivity contribution in [1.29, 1.82) is 0 Å². The lowest BCUT2D eigenvalue weighted by Crippen LogP contribution is -2.13. The van der Waals surface area contributed by atoms with Crippen molar-refractivity contribution in [2.24, 2.45) is 5.14 Å². The summed E-state index contributed by atoms with van der Waals surface area (Å²) in [5, 5.41) is 5.45. The van der Waals surface area contributed by atoms with Crippen molar-refractivity contribution in [2.75, 3.05) is 5.75 Å². The summed E-state index contributed by atoms with van der Waals surface area (Å²) < 4.78 is 49.9. The molecule has 0 aliphatic heterocycles. The first-order valence-corrected chi connectivity index (χ1v) is 11.1. The normalized spacial score (nSPS) is 12.5. The van der Waals surface area contributed by atoms with Crippen molar-refractivity contribution in [1.82, 2.24) is 14.5 Å². The van der Waals surface area contributed by atoms with Crippen LogP contribution in [0.1, 0.15) is 19.8 Å². The molecular formula is C16H18N4O4S2. The quantitative estimate of drug-likeness (QED) is 0.634. The number of hydrogen-bond donors (Lipinski definition) is 1. The largest absolute Gasteiger partial charge is 0.300 e. The Kier molecular flexibility index (Phi) is 4.82. The number of benzene rings is 1. The molecule has 0 spiro atoms. The number of nitrogens with zero attached hydrogens (tertiary/aromatic N) is 3. The summed E-state index contributed by atoms with van der Waals surface area (Å²) in [4.78, 5) is 7.96. The van der Waals surface area contributed by atoms with Crippen LogP contribution in [0.4, 0.5) is 0 Å². The summed E-state index contributed by atoms with van der Waals surface area (Å²) in [6.45, 7) is 1.90. The Morgan fingerprint density at radius 2 is 1.85 bits per heavy atom. The average molecular weight is 394 g/mol. The Balaban J connectivity index is 2.18. The fraction of sp³-hybridized carbons (Fsp3) is 0.250. The van der Waals surface area contributed by atoms with Crippen molar-refractivity contribution in [3.8, 4) is 5.82 Å². The van der Waals surface area contributed by atoms with Gasteiger partial charge < -0.3 is 0 Å². The fourth-order valence-electron chi connectivity index (χ4n) is 2.61. The van der Waals surface area contributed by atoms with E-state index in [1.807, 2.05) is 6.92 Å². The molecule has 8 nitrogen and oxygen atoms in total. The zero-order valence-corrected chi connectivity index (χ0v) is 15.7. The van der Waals surface area contributed by atoms with Gasteiger partial charge in [-0.2, -0.15) is 0 Å². The molecule has 0 amide bonds. The van der Waals surface area contributed by atoms with Gasteiger partial charge in [-0.05, 0) is 18.6 Å². The first-order chi connectivity index (χ1) is 12.2. The molecule has 0 radical (unpaired) electrons. The van der Waals surface area contributed by atoms with Gasteiger partial charge in [-0.1, -0.05) is 31.5 Å². The van der Waals surface area contributed by atoms with Crippen molar-refractivity contribution in [3.05, 3.63) is 42.7 Å². The van der Waals surface area contributed by atoms with Crippen molar-refractivity contribution >= 4 is 30.8 Å². The molecule has 2 heterocycles. The molecule has 0 fully saturated rings. The maximum atomic E-state index is 12.4. The summed E-state index contributed by atoms with van der Waals surface area (Å²) in [5.41, 5.74) is 0.548. The molecule has 0 saturated carbocycles. The highest BCUT2D eigenvalue weighted by atomic mass is 32.2. The van der Waals surface area contributed by atoms with Gasteiger partial charge in [0.05, 0.1) is 11.3 Å². The van der Waals surface area contributed by atoms with E-state index in [-0.39, 0.29) is 21.6 Å². The van der Waals surface area contributed by atoms with Gasteiger partial charge >= 0.3 is 0 Å². The maximum absolute atomic E-state index is 12.4. The molecule has 3 rings (SSSR count).